The van der Waals surface area contributed by atoms with Crippen molar-refractivity contribution in [1.29, 1.82) is 0 Å². The van der Waals surface area contributed by atoms with Crippen LogP contribution in [-0.2, 0) is 4.74 Å². The van der Waals surface area contributed by atoms with E-state index < -0.39 is 0 Å². The molecular formula is C11H22OS. The van der Waals surface area contributed by atoms with Gasteiger partial charge in [-0.1, -0.05) is 19.8 Å². The van der Waals surface area contributed by atoms with Crippen LogP contribution in [0, 0.1) is 5.41 Å². The molecular weight excluding hydrogens is 180 g/mol. The van der Waals surface area contributed by atoms with Gasteiger partial charge in [-0.3, -0.25) is 0 Å². The van der Waals surface area contributed by atoms with E-state index in [0.29, 0.717) is 11.5 Å². The minimum absolute atomic E-state index is 0.409. The van der Waals surface area contributed by atoms with E-state index in [1.807, 2.05) is 0 Å². The van der Waals surface area contributed by atoms with Crippen LogP contribution in [0.2, 0.25) is 0 Å². The lowest BCUT2D eigenvalue weighted by molar-refractivity contribution is 0.00835. The van der Waals surface area contributed by atoms with Gasteiger partial charge in [-0.25, -0.2) is 0 Å². The highest BCUT2D eigenvalue weighted by Crippen LogP contribution is 2.39. The van der Waals surface area contributed by atoms with E-state index in [1.165, 1.54) is 25.7 Å². The topological polar surface area (TPSA) is 9.23 Å². The Morgan fingerprint density at radius 2 is 2.00 bits per heavy atom. The zero-order valence-electron chi connectivity index (χ0n) is 8.88. The van der Waals surface area contributed by atoms with E-state index in [-0.39, 0.29) is 0 Å². The van der Waals surface area contributed by atoms with Gasteiger partial charge in [0, 0.05) is 5.41 Å². The highest BCUT2D eigenvalue weighted by atomic mass is 32.1. The summed E-state index contributed by atoms with van der Waals surface area (Å²) in [6.45, 7) is 5.25. The average Bonchev–Trinajstić information content (AvgIpc) is 2.63. The van der Waals surface area contributed by atoms with Gasteiger partial charge < -0.3 is 4.74 Å². The molecule has 0 amide bonds. The Morgan fingerprint density at radius 1 is 1.38 bits per heavy atom. The fraction of sp³-hybridized carbons (Fsp3) is 1.00. The van der Waals surface area contributed by atoms with Crippen LogP contribution in [-0.4, -0.2) is 18.5 Å². The van der Waals surface area contributed by atoms with Gasteiger partial charge in [-0.05, 0) is 31.9 Å². The molecule has 1 atom stereocenters. The van der Waals surface area contributed by atoms with Gasteiger partial charge in [0.1, 0.15) is 0 Å². The van der Waals surface area contributed by atoms with E-state index in [4.69, 9.17) is 4.74 Å². The van der Waals surface area contributed by atoms with Gasteiger partial charge in [-0.2, -0.15) is 12.6 Å². The highest BCUT2D eigenvalue weighted by Gasteiger charge is 2.32. The lowest BCUT2D eigenvalue weighted by Crippen LogP contribution is -2.27. The van der Waals surface area contributed by atoms with Crippen LogP contribution in [0.5, 0.6) is 0 Å². The van der Waals surface area contributed by atoms with E-state index in [9.17, 15) is 0 Å². The van der Waals surface area contributed by atoms with Crippen molar-refractivity contribution in [2.75, 3.05) is 12.4 Å². The summed E-state index contributed by atoms with van der Waals surface area (Å²) < 4.78 is 5.82. The molecule has 13 heavy (non-hydrogen) atoms. The second kappa shape index (κ2) is 5.26. The van der Waals surface area contributed by atoms with Crippen molar-refractivity contribution < 1.29 is 4.74 Å². The minimum atomic E-state index is 0.409. The van der Waals surface area contributed by atoms with Crippen molar-refractivity contribution >= 4 is 12.6 Å². The van der Waals surface area contributed by atoms with Crippen LogP contribution in [0.3, 0.4) is 0 Å². The molecule has 0 radical (unpaired) electrons. The molecule has 2 heteroatoms. The molecule has 1 aliphatic carbocycles. The van der Waals surface area contributed by atoms with Gasteiger partial charge in [0.15, 0.2) is 0 Å². The third-order valence-corrected chi connectivity index (χ3v) is 3.92. The molecule has 1 rings (SSSR count). The third kappa shape index (κ3) is 3.17. The van der Waals surface area contributed by atoms with Crippen LogP contribution >= 0.6 is 12.6 Å². The summed E-state index contributed by atoms with van der Waals surface area (Å²) in [7, 11) is 0. The van der Waals surface area contributed by atoms with Crippen molar-refractivity contribution in [3.05, 3.63) is 0 Å². The summed E-state index contributed by atoms with van der Waals surface area (Å²) in [4.78, 5) is 0. The van der Waals surface area contributed by atoms with Gasteiger partial charge >= 0.3 is 0 Å². The molecule has 0 heterocycles. The van der Waals surface area contributed by atoms with Crippen LogP contribution in [0.4, 0.5) is 0 Å². The molecule has 0 saturated heterocycles. The molecule has 1 saturated carbocycles. The highest BCUT2D eigenvalue weighted by molar-refractivity contribution is 7.80. The summed E-state index contributed by atoms with van der Waals surface area (Å²) in [6, 6.07) is 0. The molecule has 1 nitrogen and oxygen atoms in total. The predicted octanol–water partition coefficient (Wildman–Crippen LogP) is 3.29. The monoisotopic (exact) mass is 202 g/mol. The quantitative estimate of drug-likeness (QED) is 0.673. The molecule has 0 bridgehead atoms. The summed E-state index contributed by atoms with van der Waals surface area (Å²) in [5.74, 6) is 0.990. The predicted molar refractivity (Wildman–Crippen MR) is 60.5 cm³/mol. The normalized spacial score (nSPS) is 23.3. The zero-order valence-corrected chi connectivity index (χ0v) is 9.78. The van der Waals surface area contributed by atoms with Crippen molar-refractivity contribution in [3.63, 3.8) is 0 Å². The number of hydrogen-bond acceptors (Lipinski definition) is 2. The van der Waals surface area contributed by atoms with E-state index in [0.717, 1.165) is 18.8 Å². The van der Waals surface area contributed by atoms with Crippen LogP contribution in [0.15, 0.2) is 0 Å². The first-order chi connectivity index (χ1) is 6.22. The Kier molecular flexibility index (Phi) is 4.60. The van der Waals surface area contributed by atoms with Crippen LogP contribution in [0.1, 0.15) is 46.0 Å². The Bertz CT molecular complexity index is 141. The first-order valence-corrected chi connectivity index (χ1v) is 6.08. The largest absolute Gasteiger partial charge is 0.378 e. The van der Waals surface area contributed by atoms with E-state index in [2.05, 4.69) is 26.5 Å². The Hall–Kier alpha value is 0.310. The maximum Gasteiger partial charge on any atom is 0.0544 e. The SMILES string of the molecule is CCC(C)OCC1(CS)CCCC1. The minimum Gasteiger partial charge on any atom is -0.378 e. The molecule has 0 aromatic heterocycles. The standard InChI is InChI=1S/C11H22OS/c1-3-10(2)12-8-11(9-13)6-4-5-7-11/h10,13H,3-9H2,1-2H3. The second-order valence-corrected chi connectivity index (χ2v) is 4.71. The summed E-state index contributed by atoms with van der Waals surface area (Å²) in [6.07, 6.45) is 6.88. The van der Waals surface area contributed by atoms with Crippen molar-refractivity contribution in [2.45, 2.75) is 52.1 Å². The molecule has 1 aliphatic rings. The number of ether oxygens (including phenoxy) is 1. The molecule has 0 N–H and O–H groups in total. The number of thiol groups is 1. The molecule has 78 valence electrons. The van der Waals surface area contributed by atoms with Crippen molar-refractivity contribution in [3.8, 4) is 0 Å². The van der Waals surface area contributed by atoms with E-state index >= 15 is 0 Å². The van der Waals surface area contributed by atoms with Gasteiger partial charge in [0.25, 0.3) is 0 Å². The first-order valence-electron chi connectivity index (χ1n) is 5.45. The molecule has 1 fully saturated rings. The third-order valence-electron chi connectivity index (χ3n) is 3.25. The average molecular weight is 202 g/mol. The lowest BCUT2D eigenvalue weighted by atomic mass is 9.90. The van der Waals surface area contributed by atoms with Crippen LogP contribution in [0.25, 0.3) is 0 Å². The summed E-state index contributed by atoms with van der Waals surface area (Å²) >= 11 is 4.45. The van der Waals surface area contributed by atoms with Gasteiger partial charge in [-0.15, -0.1) is 0 Å². The number of rotatable bonds is 5. The molecule has 0 aromatic rings. The second-order valence-electron chi connectivity index (χ2n) is 4.40. The Labute approximate surface area is 87.7 Å². The lowest BCUT2D eigenvalue weighted by Gasteiger charge is -2.28. The Balaban J connectivity index is 2.31. The first kappa shape index (κ1) is 11.4. The molecule has 0 aliphatic heterocycles. The fourth-order valence-electron chi connectivity index (χ4n) is 1.91. The van der Waals surface area contributed by atoms with Gasteiger partial charge in [0.05, 0.1) is 12.7 Å². The van der Waals surface area contributed by atoms with Gasteiger partial charge in [0.2, 0.25) is 0 Å². The summed E-state index contributed by atoms with van der Waals surface area (Å²) in [5, 5.41) is 0. The molecule has 1 unspecified atom stereocenters. The zero-order chi connectivity index (χ0) is 9.73. The maximum absolute atomic E-state index is 5.82. The smallest absolute Gasteiger partial charge is 0.0544 e. The maximum atomic E-state index is 5.82. The van der Waals surface area contributed by atoms with E-state index in [1.54, 1.807) is 0 Å². The number of hydrogen-bond donors (Lipinski definition) is 1. The fourth-order valence-corrected chi connectivity index (χ4v) is 2.32. The van der Waals surface area contributed by atoms with Crippen molar-refractivity contribution in [2.24, 2.45) is 5.41 Å². The van der Waals surface area contributed by atoms with Crippen LogP contribution < -0.4 is 0 Å². The molecule has 0 spiro atoms. The van der Waals surface area contributed by atoms with Crippen molar-refractivity contribution in [1.82, 2.24) is 0 Å². The molecule has 0 aromatic carbocycles. The summed E-state index contributed by atoms with van der Waals surface area (Å²) in [5.41, 5.74) is 0.409. The Morgan fingerprint density at radius 3 is 2.46 bits per heavy atom.